The number of aromatic hydroxyl groups is 1. The van der Waals surface area contributed by atoms with E-state index in [0.29, 0.717) is 19.7 Å². The predicted molar refractivity (Wildman–Crippen MR) is 101 cm³/mol. The van der Waals surface area contributed by atoms with Crippen LogP contribution < -0.4 is 0 Å². The normalized spacial score (nSPS) is 23.2. The van der Waals surface area contributed by atoms with Gasteiger partial charge in [0, 0.05) is 38.1 Å². The highest BCUT2D eigenvalue weighted by molar-refractivity contribution is 6.32. The Bertz CT molecular complexity index is 813. The molecule has 0 saturated carbocycles. The van der Waals surface area contributed by atoms with Gasteiger partial charge in [-0.25, -0.2) is 4.98 Å². The van der Waals surface area contributed by atoms with Gasteiger partial charge in [-0.1, -0.05) is 17.7 Å². The van der Waals surface area contributed by atoms with Gasteiger partial charge in [0.15, 0.2) is 0 Å². The lowest BCUT2D eigenvalue weighted by atomic mass is 10.0. The highest BCUT2D eigenvalue weighted by Gasteiger charge is 2.44. The zero-order valence-electron chi connectivity index (χ0n) is 15.0. The third-order valence-corrected chi connectivity index (χ3v) is 5.62. The topological polar surface area (TPSA) is 81.7 Å². The van der Waals surface area contributed by atoms with Gasteiger partial charge in [0.25, 0.3) is 0 Å². The van der Waals surface area contributed by atoms with Crippen molar-refractivity contribution in [3.63, 3.8) is 0 Å². The number of benzene rings is 1. The highest BCUT2D eigenvalue weighted by atomic mass is 35.5. The van der Waals surface area contributed by atoms with Crippen molar-refractivity contribution >= 4 is 17.5 Å². The van der Waals surface area contributed by atoms with Crippen LogP contribution in [0.15, 0.2) is 30.7 Å². The van der Waals surface area contributed by atoms with Crippen LogP contribution in [0.4, 0.5) is 0 Å². The summed E-state index contributed by atoms with van der Waals surface area (Å²) in [5.74, 6) is 0.0869. The number of carbonyl (C=O) groups excluding carboxylic acids is 1. The first-order chi connectivity index (χ1) is 13.0. The van der Waals surface area contributed by atoms with Crippen molar-refractivity contribution in [2.75, 3.05) is 32.8 Å². The summed E-state index contributed by atoms with van der Waals surface area (Å²) in [6.07, 6.45) is 4.65. The van der Waals surface area contributed by atoms with E-state index in [-0.39, 0.29) is 28.7 Å². The number of ether oxygens (including phenoxy) is 1. The van der Waals surface area contributed by atoms with Crippen LogP contribution in [-0.2, 0) is 22.5 Å². The number of carbonyl (C=O) groups is 1. The molecular formula is C19H23ClN4O3. The van der Waals surface area contributed by atoms with Crippen molar-refractivity contribution in [3.8, 4) is 5.75 Å². The third kappa shape index (κ3) is 4.10. The highest BCUT2D eigenvalue weighted by Crippen LogP contribution is 2.31. The number of aromatic amines is 1. The molecule has 2 saturated heterocycles. The number of morpholine rings is 1. The number of phenols is 1. The maximum atomic E-state index is 12.7. The molecule has 1 unspecified atom stereocenters. The number of nitrogens with one attached hydrogen (secondary N) is 1. The van der Waals surface area contributed by atoms with Gasteiger partial charge in [0.2, 0.25) is 5.91 Å². The van der Waals surface area contributed by atoms with Crippen molar-refractivity contribution in [2.45, 2.75) is 25.0 Å². The van der Waals surface area contributed by atoms with Gasteiger partial charge in [-0.2, -0.15) is 0 Å². The van der Waals surface area contributed by atoms with Gasteiger partial charge in [-0.05, 0) is 24.1 Å². The number of halogens is 1. The zero-order chi connectivity index (χ0) is 18.9. The Morgan fingerprint density at radius 3 is 3.04 bits per heavy atom. The standard InChI is InChI=1S/C19H23ClN4O3/c20-16-7-14(1-2-17(16)25)8-18(26)24-4-3-19(12-24)11-23(5-6-27-19)10-15-9-21-13-22-15/h1-2,7,9,13,25H,3-6,8,10-12H2,(H,21,22). The number of nitrogens with zero attached hydrogens (tertiary/aromatic N) is 3. The summed E-state index contributed by atoms with van der Waals surface area (Å²) >= 11 is 5.94. The molecule has 2 N–H and O–H groups in total. The first kappa shape index (κ1) is 18.3. The van der Waals surface area contributed by atoms with Gasteiger partial charge in [0.1, 0.15) is 11.4 Å². The molecule has 3 heterocycles. The number of hydrogen-bond donors (Lipinski definition) is 2. The molecule has 1 atom stereocenters. The maximum Gasteiger partial charge on any atom is 0.227 e. The number of phenolic OH excluding ortho intramolecular Hbond substituents is 1. The molecule has 7 nitrogen and oxygen atoms in total. The van der Waals surface area contributed by atoms with Crippen molar-refractivity contribution in [1.29, 1.82) is 0 Å². The van der Waals surface area contributed by atoms with E-state index in [1.165, 1.54) is 6.07 Å². The first-order valence-electron chi connectivity index (χ1n) is 9.12. The van der Waals surface area contributed by atoms with E-state index in [0.717, 1.165) is 37.3 Å². The number of aromatic nitrogens is 2. The molecule has 2 fully saturated rings. The monoisotopic (exact) mass is 390 g/mol. The van der Waals surface area contributed by atoms with Crippen LogP contribution in [0.3, 0.4) is 0 Å². The summed E-state index contributed by atoms with van der Waals surface area (Å²) in [4.78, 5) is 24.2. The minimum Gasteiger partial charge on any atom is -0.506 e. The van der Waals surface area contributed by atoms with E-state index in [9.17, 15) is 9.90 Å². The van der Waals surface area contributed by atoms with E-state index in [1.54, 1.807) is 18.5 Å². The Kier molecular flexibility index (Phi) is 5.08. The van der Waals surface area contributed by atoms with E-state index in [4.69, 9.17) is 16.3 Å². The van der Waals surface area contributed by atoms with Crippen LogP contribution in [0.5, 0.6) is 5.75 Å². The van der Waals surface area contributed by atoms with E-state index in [2.05, 4.69) is 14.9 Å². The predicted octanol–water partition coefficient (Wildman–Crippen LogP) is 1.81. The Morgan fingerprint density at radius 2 is 2.26 bits per heavy atom. The summed E-state index contributed by atoms with van der Waals surface area (Å²) in [7, 11) is 0. The SMILES string of the molecule is O=C(Cc1ccc(O)c(Cl)c1)N1CCC2(CN(Cc3cnc[nH]3)CCO2)C1. The summed E-state index contributed by atoms with van der Waals surface area (Å²) < 4.78 is 6.13. The lowest BCUT2D eigenvalue weighted by Crippen LogP contribution is -2.53. The molecule has 0 bridgehead atoms. The van der Waals surface area contributed by atoms with Crippen molar-refractivity contribution < 1.29 is 14.6 Å². The average molecular weight is 391 g/mol. The molecular weight excluding hydrogens is 368 g/mol. The van der Waals surface area contributed by atoms with Crippen LogP contribution in [0.25, 0.3) is 0 Å². The second-order valence-electron chi connectivity index (χ2n) is 7.35. The Labute approximate surface area is 162 Å². The van der Waals surface area contributed by atoms with Crippen LogP contribution in [-0.4, -0.2) is 69.2 Å². The number of rotatable bonds is 4. The van der Waals surface area contributed by atoms with Crippen LogP contribution in [0.2, 0.25) is 5.02 Å². The summed E-state index contributed by atoms with van der Waals surface area (Å²) in [6, 6.07) is 4.89. The zero-order valence-corrected chi connectivity index (χ0v) is 15.8. The maximum absolute atomic E-state index is 12.7. The third-order valence-electron chi connectivity index (χ3n) is 5.31. The van der Waals surface area contributed by atoms with E-state index < -0.39 is 0 Å². The fourth-order valence-electron chi connectivity index (χ4n) is 3.92. The molecule has 1 aromatic carbocycles. The van der Waals surface area contributed by atoms with E-state index in [1.807, 2.05) is 11.1 Å². The number of imidazole rings is 1. The summed E-state index contributed by atoms with van der Waals surface area (Å²) in [5.41, 5.74) is 1.59. The lowest BCUT2D eigenvalue weighted by Gasteiger charge is -2.40. The Balaban J connectivity index is 1.36. The van der Waals surface area contributed by atoms with Crippen LogP contribution >= 0.6 is 11.6 Å². The average Bonchev–Trinajstić information content (AvgIpc) is 3.29. The van der Waals surface area contributed by atoms with Crippen molar-refractivity contribution in [1.82, 2.24) is 19.8 Å². The molecule has 1 amide bonds. The molecule has 0 radical (unpaired) electrons. The molecule has 2 aliphatic rings. The smallest absolute Gasteiger partial charge is 0.227 e. The molecule has 2 aromatic rings. The van der Waals surface area contributed by atoms with Crippen molar-refractivity contribution in [2.24, 2.45) is 0 Å². The quantitative estimate of drug-likeness (QED) is 0.832. The number of amides is 1. The molecule has 4 rings (SSSR count). The Hall–Kier alpha value is -2.09. The number of likely N-dealkylation sites (tertiary alicyclic amines) is 1. The van der Waals surface area contributed by atoms with Gasteiger partial charge in [-0.15, -0.1) is 0 Å². The van der Waals surface area contributed by atoms with Crippen molar-refractivity contribution in [3.05, 3.63) is 47.0 Å². The van der Waals surface area contributed by atoms with E-state index >= 15 is 0 Å². The van der Waals surface area contributed by atoms with Gasteiger partial charge in [0.05, 0.1) is 30.9 Å². The van der Waals surface area contributed by atoms with Crippen LogP contribution in [0, 0.1) is 0 Å². The molecule has 27 heavy (non-hydrogen) atoms. The minimum absolute atomic E-state index is 0.0287. The van der Waals surface area contributed by atoms with Crippen LogP contribution in [0.1, 0.15) is 17.7 Å². The minimum atomic E-state index is -0.291. The van der Waals surface area contributed by atoms with Gasteiger partial charge in [-0.3, -0.25) is 9.69 Å². The molecule has 2 aliphatic heterocycles. The summed E-state index contributed by atoms with van der Waals surface area (Å²) in [6.45, 7) is 4.47. The fraction of sp³-hybridized carbons (Fsp3) is 0.474. The Morgan fingerprint density at radius 1 is 1.37 bits per heavy atom. The largest absolute Gasteiger partial charge is 0.506 e. The second kappa shape index (κ2) is 7.50. The lowest BCUT2D eigenvalue weighted by molar-refractivity contribution is -0.134. The number of H-pyrrole nitrogens is 1. The summed E-state index contributed by atoms with van der Waals surface area (Å²) in [5, 5.41) is 9.78. The number of hydrogen-bond acceptors (Lipinski definition) is 5. The molecule has 1 spiro atoms. The second-order valence-corrected chi connectivity index (χ2v) is 7.75. The van der Waals surface area contributed by atoms with Gasteiger partial charge < -0.3 is 19.7 Å². The molecule has 8 heteroatoms. The molecule has 1 aromatic heterocycles. The molecule has 0 aliphatic carbocycles. The molecule has 144 valence electrons. The first-order valence-corrected chi connectivity index (χ1v) is 9.50. The fourth-order valence-corrected chi connectivity index (χ4v) is 4.12. The van der Waals surface area contributed by atoms with Gasteiger partial charge >= 0.3 is 0 Å².